The first-order valence-corrected chi connectivity index (χ1v) is 14.0. The summed E-state index contributed by atoms with van der Waals surface area (Å²) in [4.78, 5) is 102. The lowest BCUT2D eigenvalue weighted by atomic mass is 10.1. The number of carbonyl (C=O) groups excluding carboxylic acids is 4. The van der Waals surface area contributed by atoms with Crippen LogP contribution in [0.4, 0.5) is 0 Å². The van der Waals surface area contributed by atoms with Gasteiger partial charge in [0.15, 0.2) is 0 Å². The van der Waals surface area contributed by atoms with Crippen molar-refractivity contribution in [1.82, 2.24) is 18.9 Å². The summed E-state index contributed by atoms with van der Waals surface area (Å²) in [6.45, 7) is 4.47. The Hall–Kier alpha value is -4.74. The molecular weight excluding hydrogens is 544 g/mol. The van der Waals surface area contributed by atoms with Crippen molar-refractivity contribution < 1.29 is 19.2 Å². The van der Waals surface area contributed by atoms with Crippen LogP contribution in [0.1, 0.15) is 39.5 Å². The number of hydrogen-bond donors (Lipinski definition) is 0. The molecule has 0 spiro atoms. The molecule has 0 fully saturated rings. The van der Waals surface area contributed by atoms with Crippen LogP contribution in [0.25, 0.3) is 21.5 Å². The van der Waals surface area contributed by atoms with Gasteiger partial charge in [-0.3, -0.25) is 57.3 Å². The van der Waals surface area contributed by atoms with Crippen molar-refractivity contribution in [3.05, 3.63) is 77.9 Å². The zero-order chi connectivity index (χ0) is 30.3. The first-order chi connectivity index (χ1) is 20.0. The summed E-state index contributed by atoms with van der Waals surface area (Å²) in [5.74, 6) is -1.58. The number of aromatic nitrogens is 2. The molecule has 0 aliphatic carbocycles. The van der Waals surface area contributed by atoms with Gasteiger partial charge in [-0.25, -0.2) is 0 Å². The van der Waals surface area contributed by atoms with Crippen LogP contribution in [-0.4, -0.2) is 55.7 Å². The van der Waals surface area contributed by atoms with Crippen molar-refractivity contribution in [3.63, 3.8) is 0 Å². The Morgan fingerprint density at radius 2 is 0.881 bits per heavy atom. The first kappa shape index (κ1) is 28.8. The molecule has 1 aromatic carbocycles. The van der Waals surface area contributed by atoms with Crippen LogP contribution in [0, 0.1) is 11.8 Å². The second kappa shape index (κ2) is 11.3. The van der Waals surface area contributed by atoms with Gasteiger partial charge < -0.3 is 0 Å². The predicted molar refractivity (Wildman–Crippen MR) is 153 cm³/mol. The third kappa shape index (κ3) is 5.19. The van der Waals surface area contributed by atoms with Crippen LogP contribution in [-0.2, 0) is 32.3 Å². The molecule has 12 heteroatoms. The van der Waals surface area contributed by atoms with Gasteiger partial charge in [0, 0.05) is 50.5 Å². The topological polar surface area (TPSA) is 153 Å². The smallest absolute Gasteiger partial charge is 0.261 e. The van der Waals surface area contributed by atoms with E-state index in [0.29, 0.717) is 25.7 Å². The van der Waals surface area contributed by atoms with Crippen LogP contribution in [0.2, 0.25) is 0 Å². The molecule has 5 rings (SSSR count). The van der Waals surface area contributed by atoms with E-state index in [9.17, 15) is 38.4 Å². The van der Waals surface area contributed by atoms with E-state index in [1.54, 1.807) is 0 Å². The van der Waals surface area contributed by atoms with E-state index >= 15 is 0 Å². The summed E-state index contributed by atoms with van der Waals surface area (Å²) in [7, 11) is 0. The Morgan fingerprint density at radius 3 is 1.36 bits per heavy atom. The summed E-state index contributed by atoms with van der Waals surface area (Å²) < 4.78 is 2.21. The molecule has 0 bridgehead atoms. The van der Waals surface area contributed by atoms with E-state index in [2.05, 4.69) is 0 Å². The number of rotatable bonds is 12. The maximum Gasteiger partial charge on any atom is 0.261 e. The van der Waals surface area contributed by atoms with Crippen molar-refractivity contribution in [2.75, 3.05) is 13.1 Å². The monoisotopic (exact) mass is 574 g/mol. The lowest BCUT2D eigenvalue weighted by Gasteiger charge is -2.19. The number of fused-ring (bicyclic) bond motifs is 2. The van der Waals surface area contributed by atoms with E-state index in [4.69, 9.17) is 0 Å². The fraction of sp³-hybridized carbons (Fsp3) is 0.400. The molecule has 3 aromatic rings. The molecule has 4 heterocycles. The largest absolute Gasteiger partial charge is 0.275 e. The van der Waals surface area contributed by atoms with Crippen molar-refractivity contribution in [1.29, 1.82) is 0 Å². The van der Waals surface area contributed by atoms with Gasteiger partial charge in [-0.15, -0.1) is 0 Å². The van der Waals surface area contributed by atoms with Gasteiger partial charge in [0.1, 0.15) is 0 Å². The van der Waals surface area contributed by atoms with Gasteiger partial charge in [-0.1, -0.05) is 13.8 Å². The molecule has 42 heavy (non-hydrogen) atoms. The molecule has 0 N–H and O–H groups in total. The second-order valence-electron chi connectivity index (χ2n) is 11.2. The summed E-state index contributed by atoms with van der Waals surface area (Å²) in [6, 6.07) is 2.65. The van der Waals surface area contributed by atoms with Crippen molar-refractivity contribution >= 4 is 45.2 Å². The predicted octanol–water partition coefficient (Wildman–Crippen LogP) is 0.595. The van der Waals surface area contributed by atoms with Crippen LogP contribution < -0.4 is 22.2 Å². The van der Waals surface area contributed by atoms with Crippen molar-refractivity contribution in [2.45, 2.75) is 52.6 Å². The third-order valence-electron chi connectivity index (χ3n) is 8.01. The Labute approximate surface area is 238 Å². The molecule has 0 radical (unpaired) electrons. The average Bonchev–Trinajstić information content (AvgIpc) is 3.60. The van der Waals surface area contributed by atoms with Gasteiger partial charge in [-0.2, -0.15) is 0 Å². The fourth-order valence-electron chi connectivity index (χ4n) is 5.71. The molecule has 2 atom stereocenters. The quantitative estimate of drug-likeness (QED) is 0.285. The summed E-state index contributed by atoms with van der Waals surface area (Å²) >= 11 is 0. The van der Waals surface area contributed by atoms with Gasteiger partial charge in [0.2, 0.25) is 0 Å². The van der Waals surface area contributed by atoms with Crippen LogP contribution in [0.15, 0.2) is 55.6 Å². The minimum atomic E-state index is -0.535. The van der Waals surface area contributed by atoms with Crippen LogP contribution in [0.5, 0.6) is 0 Å². The zero-order valence-electron chi connectivity index (χ0n) is 23.3. The average molecular weight is 575 g/mol. The number of imide groups is 2. The summed E-state index contributed by atoms with van der Waals surface area (Å²) in [5.41, 5.74) is -2.14. The van der Waals surface area contributed by atoms with Crippen molar-refractivity contribution in [3.8, 4) is 0 Å². The second-order valence-corrected chi connectivity index (χ2v) is 11.2. The van der Waals surface area contributed by atoms with Gasteiger partial charge in [0.25, 0.3) is 45.9 Å². The maximum absolute atomic E-state index is 13.1. The van der Waals surface area contributed by atoms with E-state index < -0.39 is 22.2 Å². The number of nitrogens with zero attached hydrogens (tertiary/aromatic N) is 4. The number of benzene rings is 1. The SMILES string of the molecule is CC(CCCn1c(=O)c2cc3c(=O)n(CC(C)CCCN4C(=O)C=CC4=O)c(=O)c3cc2c1=O)CN1C(=O)C=CC1=O. The molecular formula is C30H30N4O8. The molecule has 2 aliphatic rings. The molecule has 2 aliphatic heterocycles. The molecule has 2 unspecified atom stereocenters. The highest BCUT2D eigenvalue weighted by atomic mass is 16.2. The van der Waals surface area contributed by atoms with E-state index in [1.165, 1.54) is 36.4 Å². The summed E-state index contributed by atoms with van der Waals surface area (Å²) in [6.07, 6.45) is 6.99. The standard InChI is InChI=1S/C30H30N4O8/c1-17(15-33-25(37)9-10-26(33)38)6-4-12-32-27(39)19-13-21-22(14-20(19)28(32)40)30(42)34(29(21)41)16-18(2)5-3-11-31-23(35)7-8-24(31)36/h7-10,13-14,17-18H,3-6,11-12,15-16H2,1-2H3. The molecule has 0 saturated carbocycles. The Balaban J connectivity index is 1.27. The molecule has 218 valence electrons. The normalized spacial score (nSPS) is 16.7. The number of amides is 4. The number of hydrogen-bond acceptors (Lipinski definition) is 8. The van der Waals surface area contributed by atoms with Gasteiger partial charge in [0.05, 0.1) is 21.5 Å². The highest BCUT2D eigenvalue weighted by Gasteiger charge is 2.26. The maximum atomic E-state index is 13.1. The van der Waals surface area contributed by atoms with Gasteiger partial charge in [-0.05, 0) is 49.7 Å². The third-order valence-corrected chi connectivity index (χ3v) is 8.01. The van der Waals surface area contributed by atoms with Crippen LogP contribution >= 0.6 is 0 Å². The van der Waals surface area contributed by atoms with E-state index in [0.717, 1.165) is 18.9 Å². The Bertz CT molecular complexity index is 1790. The lowest BCUT2D eigenvalue weighted by molar-refractivity contribution is -0.138. The number of carbonyl (C=O) groups is 4. The zero-order valence-corrected chi connectivity index (χ0v) is 23.3. The molecule has 4 amide bonds. The lowest BCUT2D eigenvalue weighted by Crippen LogP contribution is -2.34. The molecule has 0 saturated heterocycles. The summed E-state index contributed by atoms with van der Waals surface area (Å²) in [5, 5.41) is 0.317. The first-order valence-electron chi connectivity index (χ1n) is 14.0. The Kier molecular flexibility index (Phi) is 7.72. The molecule has 12 nitrogen and oxygen atoms in total. The van der Waals surface area contributed by atoms with E-state index in [1.807, 2.05) is 13.8 Å². The Morgan fingerprint density at radius 1 is 0.500 bits per heavy atom. The van der Waals surface area contributed by atoms with Crippen molar-refractivity contribution in [2.24, 2.45) is 11.8 Å². The fourth-order valence-corrected chi connectivity index (χ4v) is 5.71. The van der Waals surface area contributed by atoms with Crippen LogP contribution in [0.3, 0.4) is 0 Å². The molecule has 2 aromatic heterocycles. The van der Waals surface area contributed by atoms with Gasteiger partial charge >= 0.3 is 0 Å². The highest BCUT2D eigenvalue weighted by Crippen LogP contribution is 2.17. The minimum Gasteiger partial charge on any atom is -0.275 e. The highest BCUT2D eigenvalue weighted by molar-refractivity contribution is 6.13. The van der Waals surface area contributed by atoms with E-state index in [-0.39, 0.29) is 83.2 Å². The minimum absolute atomic E-state index is 0.0392.